The summed E-state index contributed by atoms with van der Waals surface area (Å²) in [7, 11) is 0. The Kier molecular flexibility index (Phi) is 11.1. The fraction of sp³-hybridized carbons (Fsp3) is 0.189. The summed E-state index contributed by atoms with van der Waals surface area (Å²) in [6.07, 6.45) is 3.82. The summed E-state index contributed by atoms with van der Waals surface area (Å²) in [4.78, 5) is 12.8. The van der Waals surface area contributed by atoms with Gasteiger partial charge in [-0.2, -0.15) is 5.10 Å². The molecule has 0 aliphatic rings. The molecule has 242 valence electrons. The van der Waals surface area contributed by atoms with E-state index in [4.69, 9.17) is 41.8 Å². The highest BCUT2D eigenvalue weighted by molar-refractivity contribution is 6.35. The van der Waals surface area contributed by atoms with Crippen LogP contribution in [-0.2, 0) is 19.6 Å². The van der Waals surface area contributed by atoms with Gasteiger partial charge in [0.2, 0.25) is 0 Å². The van der Waals surface area contributed by atoms with Crippen LogP contribution in [0.4, 0.5) is 0 Å². The molecule has 8 nitrogen and oxygen atoms in total. The van der Waals surface area contributed by atoms with Crippen molar-refractivity contribution >= 4 is 35.3 Å². The average molecular weight is 673 g/mol. The molecule has 10 heteroatoms. The molecule has 1 N–H and O–H groups in total. The highest BCUT2D eigenvalue weighted by Crippen LogP contribution is 2.35. The molecule has 0 atom stereocenters. The van der Waals surface area contributed by atoms with Crippen molar-refractivity contribution in [2.45, 2.75) is 40.4 Å². The van der Waals surface area contributed by atoms with Crippen LogP contribution in [0.2, 0.25) is 10.0 Å². The topological polar surface area (TPSA) is 87.2 Å². The van der Waals surface area contributed by atoms with Gasteiger partial charge in [-0.15, -0.1) is 6.58 Å². The lowest BCUT2D eigenvalue weighted by molar-refractivity contribution is 0.0923. The second-order valence-electron chi connectivity index (χ2n) is 10.7. The Bertz CT molecular complexity index is 1870. The first-order chi connectivity index (χ1) is 22.7. The van der Waals surface area contributed by atoms with Crippen LogP contribution < -0.4 is 19.6 Å². The zero-order chi connectivity index (χ0) is 33.3. The Morgan fingerprint density at radius 2 is 1.68 bits per heavy atom. The number of aryl methyl sites for hydroxylation is 2. The van der Waals surface area contributed by atoms with E-state index in [9.17, 15) is 4.79 Å². The van der Waals surface area contributed by atoms with Gasteiger partial charge in [-0.1, -0.05) is 35.3 Å². The second-order valence-corrected chi connectivity index (χ2v) is 11.5. The van der Waals surface area contributed by atoms with E-state index in [1.165, 1.54) is 6.21 Å². The van der Waals surface area contributed by atoms with Crippen LogP contribution in [0.15, 0.2) is 101 Å². The molecule has 0 unspecified atom stereocenters. The molecule has 0 saturated heterocycles. The lowest BCUT2D eigenvalue weighted by Crippen LogP contribution is -2.16. The van der Waals surface area contributed by atoms with Crippen molar-refractivity contribution in [3.63, 3.8) is 0 Å². The monoisotopic (exact) mass is 671 g/mol. The van der Waals surface area contributed by atoms with Gasteiger partial charge in [0, 0.05) is 38.2 Å². The zero-order valence-electron chi connectivity index (χ0n) is 26.4. The smallest absolute Gasteiger partial charge is 0.307 e. The number of carbonyl (C=O) groups is 1. The number of hydrazone groups is 1. The van der Waals surface area contributed by atoms with Gasteiger partial charge >= 0.3 is 5.91 Å². The number of nitrogens with zero attached hydrogens (tertiary/aromatic N) is 2. The molecule has 0 fully saturated rings. The standard InChI is InChI=1S/C37H35Cl2N3O5/c1-5-7-27-18-26(19-35(44-6-2)36(27)46-22-28-10-11-29(38)20-33(28)39)21-40-41-37(43)34-17-16-32(47-34)23-45-31-14-12-30(13-15-31)42-24(3)8-9-25(42)4/h5,8-21H,1,6-7,22-23H2,2-4H3,(H,41,43)/b40-21+. The van der Waals surface area contributed by atoms with E-state index in [0.717, 1.165) is 28.2 Å². The van der Waals surface area contributed by atoms with Crippen molar-refractivity contribution in [1.29, 1.82) is 0 Å². The quantitative estimate of drug-likeness (QED) is 0.0723. The summed E-state index contributed by atoms with van der Waals surface area (Å²) in [5.74, 6) is 1.92. The van der Waals surface area contributed by atoms with E-state index in [-0.39, 0.29) is 19.0 Å². The number of furan rings is 1. The third-order valence-corrected chi connectivity index (χ3v) is 7.80. The number of ether oxygens (including phenoxy) is 3. The normalized spacial score (nSPS) is 11.1. The molecule has 5 aromatic rings. The second kappa shape index (κ2) is 15.6. The van der Waals surface area contributed by atoms with Gasteiger partial charge < -0.3 is 23.2 Å². The number of nitrogens with one attached hydrogen (secondary N) is 1. The minimum absolute atomic E-state index is 0.113. The summed E-state index contributed by atoms with van der Waals surface area (Å²) < 4.78 is 25.8. The third kappa shape index (κ3) is 8.47. The van der Waals surface area contributed by atoms with Crippen molar-refractivity contribution in [3.8, 4) is 22.9 Å². The third-order valence-electron chi connectivity index (χ3n) is 7.22. The van der Waals surface area contributed by atoms with E-state index in [1.54, 1.807) is 36.4 Å². The fourth-order valence-corrected chi connectivity index (χ4v) is 5.46. The number of allylic oxidation sites excluding steroid dienone is 1. The van der Waals surface area contributed by atoms with Crippen LogP contribution in [0, 0.1) is 13.8 Å². The van der Waals surface area contributed by atoms with E-state index in [0.29, 0.717) is 51.6 Å². The Balaban J connectivity index is 1.20. The minimum Gasteiger partial charge on any atom is -0.490 e. The van der Waals surface area contributed by atoms with Crippen LogP contribution in [0.25, 0.3) is 5.69 Å². The maximum absolute atomic E-state index is 12.8. The number of hydrogen-bond acceptors (Lipinski definition) is 6. The SMILES string of the molecule is C=CCc1cc(/C=N/NC(=O)c2ccc(COc3ccc(-n4c(C)ccc4C)cc3)o2)cc(OCC)c1OCc1ccc(Cl)cc1Cl. The molecule has 47 heavy (non-hydrogen) atoms. The summed E-state index contributed by atoms with van der Waals surface area (Å²) in [5, 5.41) is 5.20. The Hall–Kier alpha value is -4.92. The van der Waals surface area contributed by atoms with E-state index in [2.05, 4.69) is 47.7 Å². The molecule has 0 saturated carbocycles. The molecule has 5 rings (SSSR count). The number of aromatic nitrogens is 1. The van der Waals surface area contributed by atoms with Crippen LogP contribution in [0.1, 0.15) is 51.3 Å². The maximum Gasteiger partial charge on any atom is 0.307 e. The number of amides is 1. The predicted molar refractivity (Wildman–Crippen MR) is 186 cm³/mol. The Morgan fingerprint density at radius 1 is 0.915 bits per heavy atom. The van der Waals surface area contributed by atoms with Gasteiger partial charge in [-0.3, -0.25) is 4.79 Å². The molecule has 0 spiro atoms. The molecule has 2 heterocycles. The highest BCUT2D eigenvalue weighted by atomic mass is 35.5. The lowest BCUT2D eigenvalue weighted by atomic mass is 10.1. The summed E-state index contributed by atoms with van der Waals surface area (Å²) in [6, 6.07) is 24.2. The van der Waals surface area contributed by atoms with Gasteiger partial charge in [0.1, 0.15) is 24.7 Å². The molecule has 0 radical (unpaired) electrons. The molecular weight excluding hydrogens is 637 g/mol. The lowest BCUT2D eigenvalue weighted by Gasteiger charge is -2.17. The highest BCUT2D eigenvalue weighted by Gasteiger charge is 2.15. The number of carbonyl (C=O) groups excluding carboxylic acids is 1. The number of hydrogen-bond donors (Lipinski definition) is 1. The fourth-order valence-electron chi connectivity index (χ4n) is 5.00. The molecule has 2 aromatic heterocycles. The van der Waals surface area contributed by atoms with E-state index in [1.807, 2.05) is 43.3 Å². The van der Waals surface area contributed by atoms with Crippen LogP contribution in [0.5, 0.6) is 17.2 Å². The molecule has 0 aliphatic carbocycles. The molecular formula is C37H35Cl2N3O5. The van der Waals surface area contributed by atoms with Crippen LogP contribution in [-0.4, -0.2) is 23.3 Å². The maximum atomic E-state index is 12.8. The van der Waals surface area contributed by atoms with Crippen molar-refractivity contribution in [1.82, 2.24) is 9.99 Å². The summed E-state index contributed by atoms with van der Waals surface area (Å²) in [6.45, 7) is 10.7. The zero-order valence-corrected chi connectivity index (χ0v) is 27.9. The number of rotatable bonds is 14. The van der Waals surface area contributed by atoms with Gasteiger partial charge in [0.15, 0.2) is 17.3 Å². The van der Waals surface area contributed by atoms with Crippen molar-refractivity contribution in [3.05, 3.63) is 141 Å². The molecule has 3 aromatic carbocycles. The molecule has 0 bridgehead atoms. The van der Waals surface area contributed by atoms with Gasteiger partial charge in [-0.25, -0.2) is 5.43 Å². The first-order valence-corrected chi connectivity index (χ1v) is 15.8. The van der Waals surface area contributed by atoms with Gasteiger partial charge in [0.25, 0.3) is 0 Å². The largest absolute Gasteiger partial charge is 0.490 e. The van der Waals surface area contributed by atoms with E-state index < -0.39 is 5.91 Å². The van der Waals surface area contributed by atoms with Crippen molar-refractivity contribution < 1.29 is 23.4 Å². The average Bonchev–Trinajstić information content (AvgIpc) is 3.67. The van der Waals surface area contributed by atoms with Crippen molar-refractivity contribution in [2.24, 2.45) is 5.10 Å². The predicted octanol–water partition coefficient (Wildman–Crippen LogP) is 9.04. The van der Waals surface area contributed by atoms with Crippen LogP contribution >= 0.6 is 23.2 Å². The minimum atomic E-state index is -0.495. The van der Waals surface area contributed by atoms with Gasteiger partial charge in [-0.05, 0) is 106 Å². The summed E-state index contributed by atoms with van der Waals surface area (Å²) >= 11 is 12.4. The number of halogens is 2. The van der Waals surface area contributed by atoms with Crippen LogP contribution in [0.3, 0.4) is 0 Å². The molecule has 1 amide bonds. The first-order valence-electron chi connectivity index (χ1n) is 15.0. The van der Waals surface area contributed by atoms with E-state index >= 15 is 0 Å². The van der Waals surface area contributed by atoms with Crippen molar-refractivity contribution in [2.75, 3.05) is 6.61 Å². The number of benzene rings is 3. The summed E-state index contributed by atoms with van der Waals surface area (Å²) in [5.41, 5.74) is 8.22. The Labute approximate surface area is 284 Å². The Morgan fingerprint density at radius 3 is 2.38 bits per heavy atom. The molecule has 0 aliphatic heterocycles. The van der Waals surface area contributed by atoms with Gasteiger partial charge in [0.05, 0.1) is 12.8 Å². The first kappa shape index (κ1) is 33.4.